The standard InChI is InChI=1S/C21H16O4S/c1-2-5-13-11-20(22)25-17-12-15(8-9-16(13)17)24-21(23)19-10-14-6-3-4-7-18(14)26-19/h3-4,6-12H,2,5H2,1H3. The number of carbonyl (C=O) groups excluding carboxylic acids is 1. The summed E-state index contributed by atoms with van der Waals surface area (Å²) in [6.07, 6.45) is 1.73. The molecule has 0 radical (unpaired) electrons. The van der Waals surface area contributed by atoms with Crippen LogP contribution in [0.15, 0.2) is 63.8 Å². The van der Waals surface area contributed by atoms with Gasteiger partial charge < -0.3 is 9.15 Å². The molecule has 0 aliphatic carbocycles. The number of hydrogen-bond acceptors (Lipinski definition) is 5. The van der Waals surface area contributed by atoms with E-state index in [2.05, 4.69) is 6.92 Å². The summed E-state index contributed by atoms with van der Waals surface area (Å²) >= 11 is 1.39. The van der Waals surface area contributed by atoms with Crippen molar-refractivity contribution in [1.29, 1.82) is 0 Å². The van der Waals surface area contributed by atoms with Gasteiger partial charge in [0, 0.05) is 22.2 Å². The van der Waals surface area contributed by atoms with Crippen LogP contribution in [0.3, 0.4) is 0 Å². The first-order valence-corrected chi connectivity index (χ1v) is 9.23. The van der Waals surface area contributed by atoms with Crippen molar-refractivity contribution in [3.05, 3.63) is 75.5 Å². The maximum absolute atomic E-state index is 12.5. The van der Waals surface area contributed by atoms with E-state index < -0.39 is 11.6 Å². The number of thiophene rings is 1. The second-order valence-corrected chi connectivity index (χ2v) is 7.12. The van der Waals surface area contributed by atoms with E-state index in [4.69, 9.17) is 9.15 Å². The summed E-state index contributed by atoms with van der Waals surface area (Å²) in [5.41, 5.74) is 0.984. The Morgan fingerprint density at radius 2 is 1.96 bits per heavy atom. The summed E-state index contributed by atoms with van der Waals surface area (Å²) in [4.78, 5) is 24.7. The van der Waals surface area contributed by atoms with Crippen LogP contribution in [0, 0.1) is 0 Å². The number of benzene rings is 2. The highest BCUT2D eigenvalue weighted by Gasteiger charge is 2.14. The maximum atomic E-state index is 12.5. The fraction of sp³-hybridized carbons (Fsp3) is 0.143. The molecule has 4 rings (SSSR count). The van der Waals surface area contributed by atoms with Crippen molar-refractivity contribution in [3.63, 3.8) is 0 Å². The van der Waals surface area contributed by atoms with Gasteiger partial charge in [0.2, 0.25) is 0 Å². The number of esters is 1. The van der Waals surface area contributed by atoms with E-state index >= 15 is 0 Å². The summed E-state index contributed by atoms with van der Waals surface area (Å²) in [6.45, 7) is 2.06. The Hall–Kier alpha value is -2.92. The third-order valence-corrected chi connectivity index (χ3v) is 5.25. The Balaban J connectivity index is 1.66. The molecule has 26 heavy (non-hydrogen) atoms. The zero-order valence-corrected chi connectivity index (χ0v) is 15.0. The first-order valence-electron chi connectivity index (χ1n) is 8.41. The molecule has 0 saturated heterocycles. The molecule has 0 aliphatic heterocycles. The lowest BCUT2D eigenvalue weighted by molar-refractivity contribution is 0.0740. The van der Waals surface area contributed by atoms with Crippen molar-refractivity contribution < 1.29 is 13.9 Å². The lowest BCUT2D eigenvalue weighted by Gasteiger charge is -2.06. The molecule has 4 aromatic rings. The largest absolute Gasteiger partial charge is 0.423 e. The summed E-state index contributed by atoms with van der Waals surface area (Å²) in [5.74, 6) is -0.0608. The molecule has 0 amide bonds. The summed E-state index contributed by atoms with van der Waals surface area (Å²) in [5, 5.41) is 1.88. The van der Waals surface area contributed by atoms with E-state index in [-0.39, 0.29) is 0 Å². The molecule has 2 heterocycles. The number of aryl methyl sites for hydroxylation is 1. The minimum Gasteiger partial charge on any atom is -0.423 e. The van der Waals surface area contributed by atoms with Crippen LogP contribution in [0.4, 0.5) is 0 Å². The SMILES string of the molecule is CCCc1cc(=O)oc2cc(OC(=O)c3cc4ccccc4s3)ccc12. The molecule has 0 unspecified atom stereocenters. The van der Waals surface area contributed by atoms with Gasteiger partial charge in [0.15, 0.2) is 0 Å². The van der Waals surface area contributed by atoms with E-state index in [1.165, 1.54) is 17.4 Å². The molecule has 2 aromatic carbocycles. The number of carbonyl (C=O) groups is 1. The Bertz CT molecular complexity index is 1140. The summed E-state index contributed by atoms with van der Waals surface area (Å²) in [6, 6.07) is 16.3. The topological polar surface area (TPSA) is 56.5 Å². The fourth-order valence-corrected chi connectivity index (χ4v) is 3.93. The highest BCUT2D eigenvalue weighted by molar-refractivity contribution is 7.20. The van der Waals surface area contributed by atoms with Gasteiger partial charge in [0.1, 0.15) is 16.2 Å². The van der Waals surface area contributed by atoms with Gasteiger partial charge in [-0.3, -0.25) is 0 Å². The normalized spacial score (nSPS) is 11.1. The van der Waals surface area contributed by atoms with Crippen LogP contribution < -0.4 is 10.4 Å². The predicted octanol–water partition coefficient (Wildman–Crippen LogP) is 5.18. The molecule has 0 aliphatic rings. The number of rotatable bonds is 4. The van der Waals surface area contributed by atoms with Crippen molar-refractivity contribution >= 4 is 38.4 Å². The molecular formula is C21H16O4S. The third kappa shape index (κ3) is 3.13. The van der Waals surface area contributed by atoms with Gasteiger partial charge in [-0.1, -0.05) is 31.5 Å². The highest BCUT2D eigenvalue weighted by atomic mass is 32.1. The van der Waals surface area contributed by atoms with Gasteiger partial charge in [-0.2, -0.15) is 0 Å². The molecule has 0 atom stereocenters. The van der Waals surface area contributed by atoms with Crippen LogP contribution >= 0.6 is 11.3 Å². The van der Waals surface area contributed by atoms with E-state index in [1.807, 2.05) is 36.4 Å². The molecule has 0 spiro atoms. The van der Waals surface area contributed by atoms with Crippen molar-refractivity contribution in [3.8, 4) is 5.75 Å². The molecule has 0 fully saturated rings. The highest BCUT2D eigenvalue weighted by Crippen LogP contribution is 2.28. The lowest BCUT2D eigenvalue weighted by Crippen LogP contribution is -2.06. The zero-order chi connectivity index (χ0) is 18.1. The fourth-order valence-electron chi connectivity index (χ4n) is 2.99. The van der Waals surface area contributed by atoms with E-state index in [0.29, 0.717) is 16.2 Å². The van der Waals surface area contributed by atoms with E-state index in [9.17, 15) is 9.59 Å². The van der Waals surface area contributed by atoms with Gasteiger partial charge in [-0.05, 0) is 41.6 Å². The van der Waals surface area contributed by atoms with Crippen molar-refractivity contribution in [2.75, 3.05) is 0 Å². The first-order chi connectivity index (χ1) is 12.6. The number of hydrogen-bond donors (Lipinski definition) is 0. The van der Waals surface area contributed by atoms with Crippen LogP contribution in [0.1, 0.15) is 28.6 Å². The quantitative estimate of drug-likeness (QED) is 0.284. The number of fused-ring (bicyclic) bond motifs is 2. The Morgan fingerprint density at radius 3 is 2.77 bits per heavy atom. The zero-order valence-electron chi connectivity index (χ0n) is 14.2. The smallest absolute Gasteiger partial charge is 0.353 e. The first kappa shape index (κ1) is 16.5. The second-order valence-electron chi connectivity index (χ2n) is 6.04. The van der Waals surface area contributed by atoms with Gasteiger partial charge in [0.05, 0.1) is 0 Å². The summed E-state index contributed by atoms with van der Waals surface area (Å²) in [7, 11) is 0. The molecule has 2 aromatic heterocycles. The Morgan fingerprint density at radius 1 is 1.12 bits per heavy atom. The van der Waals surface area contributed by atoms with Crippen molar-refractivity contribution in [1.82, 2.24) is 0 Å². The van der Waals surface area contributed by atoms with Crippen LogP contribution in [-0.4, -0.2) is 5.97 Å². The molecule has 130 valence electrons. The second kappa shape index (κ2) is 6.77. The average Bonchev–Trinajstić information content (AvgIpc) is 3.06. The average molecular weight is 364 g/mol. The van der Waals surface area contributed by atoms with Crippen molar-refractivity contribution in [2.45, 2.75) is 19.8 Å². The number of ether oxygens (including phenoxy) is 1. The van der Waals surface area contributed by atoms with Crippen LogP contribution in [0.25, 0.3) is 21.1 Å². The van der Waals surface area contributed by atoms with Gasteiger partial charge in [-0.15, -0.1) is 11.3 Å². The molecule has 0 N–H and O–H groups in total. The van der Waals surface area contributed by atoms with Gasteiger partial charge in [-0.25, -0.2) is 9.59 Å². The third-order valence-electron chi connectivity index (χ3n) is 4.16. The molecule has 5 heteroatoms. The predicted molar refractivity (Wildman–Crippen MR) is 103 cm³/mol. The van der Waals surface area contributed by atoms with Gasteiger partial charge in [0.25, 0.3) is 0 Å². The van der Waals surface area contributed by atoms with Crippen LogP contribution in [0.5, 0.6) is 5.75 Å². The van der Waals surface area contributed by atoms with E-state index in [0.717, 1.165) is 33.9 Å². The Kier molecular flexibility index (Phi) is 4.31. The molecular weight excluding hydrogens is 348 g/mol. The molecule has 0 saturated carbocycles. The lowest BCUT2D eigenvalue weighted by atomic mass is 10.1. The molecule has 4 nitrogen and oxygen atoms in total. The Labute approximate surface area is 153 Å². The minimum absolute atomic E-state index is 0.358. The van der Waals surface area contributed by atoms with Crippen LogP contribution in [0.2, 0.25) is 0 Å². The minimum atomic E-state index is -0.419. The van der Waals surface area contributed by atoms with E-state index in [1.54, 1.807) is 12.1 Å². The summed E-state index contributed by atoms with van der Waals surface area (Å²) < 4.78 is 11.8. The van der Waals surface area contributed by atoms with Crippen LogP contribution in [-0.2, 0) is 6.42 Å². The maximum Gasteiger partial charge on any atom is 0.353 e. The van der Waals surface area contributed by atoms with Gasteiger partial charge >= 0.3 is 11.6 Å². The molecule has 0 bridgehead atoms. The van der Waals surface area contributed by atoms with Crippen molar-refractivity contribution in [2.24, 2.45) is 0 Å². The monoisotopic (exact) mass is 364 g/mol.